The Morgan fingerprint density at radius 2 is 2.00 bits per heavy atom. The number of carbonyl (C=O) groups excluding carboxylic acids is 1. The molecular weight excluding hydrogens is 374 g/mol. The molecule has 0 spiro atoms. The first-order valence-corrected chi connectivity index (χ1v) is 10.2. The van der Waals surface area contributed by atoms with Crippen LogP contribution in [0, 0.1) is 6.92 Å². The number of carbonyl (C=O) groups is 1. The molecule has 0 saturated heterocycles. The smallest absolute Gasteiger partial charge is 0.270 e. The summed E-state index contributed by atoms with van der Waals surface area (Å²) in [6.07, 6.45) is 4.38. The van der Waals surface area contributed by atoms with Crippen molar-refractivity contribution in [1.29, 1.82) is 0 Å². The van der Waals surface area contributed by atoms with E-state index in [-0.39, 0.29) is 5.91 Å². The maximum absolute atomic E-state index is 12.7. The molecule has 0 aliphatic rings. The first-order valence-electron chi connectivity index (χ1n) is 10.2. The van der Waals surface area contributed by atoms with Gasteiger partial charge in [-0.05, 0) is 55.7 Å². The minimum absolute atomic E-state index is 0.196. The van der Waals surface area contributed by atoms with E-state index in [1.165, 1.54) is 10.9 Å². The van der Waals surface area contributed by atoms with E-state index in [0.29, 0.717) is 24.7 Å². The molecule has 4 aromatic rings. The van der Waals surface area contributed by atoms with Gasteiger partial charge in [0, 0.05) is 42.1 Å². The number of hydrogen-bond donors (Lipinski definition) is 2. The third kappa shape index (κ3) is 4.17. The Hall–Kier alpha value is -3.67. The average Bonchev–Trinajstić information content (AvgIpc) is 3.18. The average molecular weight is 399 g/mol. The number of fused-ring (bicyclic) bond motifs is 1. The molecule has 6 heteroatoms. The number of aryl methyl sites for hydroxylation is 1. The minimum atomic E-state index is -0.196. The third-order valence-corrected chi connectivity index (χ3v) is 5.10. The number of H-pyrrole nitrogens is 1. The van der Waals surface area contributed by atoms with Gasteiger partial charge in [0.25, 0.3) is 5.91 Å². The summed E-state index contributed by atoms with van der Waals surface area (Å²) in [4.78, 5) is 26.8. The molecule has 2 aromatic carbocycles. The van der Waals surface area contributed by atoms with Gasteiger partial charge in [-0.2, -0.15) is 0 Å². The van der Waals surface area contributed by atoms with E-state index >= 15 is 0 Å². The molecule has 0 aliphatic heterocycles. The standard InChI is InChI=1S/C24H25N5O/c1-3-29(19-8-6-7-17(2)15-19)24-26-14-12-22(28-24)23(30)25-13-11-18-16-27-21-10-5-4-9-20(18)21/h4-10,12,14-16,27H,3,11,13H2,1-2H3,(H,25,30). The molecule has 4 rings (SSSR count). The van der Waals surface area contributed by atoms with Crippen molar-refractivity contribution in [2.45, 2.75) is 20.3 Å². The molecule has 1 amide bonds. The zero-order valence-electron chi connectivity index (χ0n) is 17.2. The summed E-state index contributed by atoms with van der Waals surface area (Å²) in [5.74, 6) is 0.325. The van der Waals surface area contributed by atoms with E-state index in [1.807, 2.05) is 48.4 Å². The topological polar surface area (TPSA) is 73.9 Å². The van der Waals surface area contributed by atoms with E-state index in [9.17, 15) is 4.79 Å². The Kier molecular flexibility index (Phi) is 5.75. The number of benzene rings is 2. The Labute approximate surface area is 176 Å². The molecule has 0 radical (unpaired) electrons. The molecule has 2 heterocycles. The maximum atomic E-state index is 12.7. The molecule has 2 N–H and O–H groups in total. The predicted molar refractivity (Wildman–Crippen MR) is 120 cm³/mol. The number of amides is 1. The van der Waals surface area contributed by atoms with Crippen molar-refractivity contribution in [2.24, 2.45) is 0 Å². The number of para-hydroxylation sites is 1. The summed E-state index contributed by atoms with van der Waals surface area (Å²) >= 11 is 0. The number of hydrogen-bond acceptors (Lipinski definition) is 4. The van der Waals surface area contributed by atoms with E-state index in [4.69, 9.17) is 0 Å². The fourth-order valence-corrected chi connectivity index (χ4v) is 3.58. The van der Waals surface area contributed by atoms with Gasteiger partial charge < -0.3 is 15.2 Å². The second kappa shape index (κ2) is 8.78. The van der Waals surface area contributed by atoms with Crippen LogP contribution < -0.4 is 10.2 Å². The molecular formula is C24H25N5O. The number of rotatable bonds is 7. The van der Waals surface area contributed by atoms with Gasteiger partial charge >= 0.3 is 0 Å². The highest BCUT2D eigenvalue weighted by molar-refractivity contribution is 5.92. The highest BCUT2D eigenvalue weighted by Gasteiger charge is 2.14. The summed E-state index contributed by atoms with van der Waals surface area (Å²) < 4.78 is 0. The molecule has 0 atom stereocenters. The van der Waals surface area contributed by atoms with Crippen LogP contribution in [0.3, 0.4) is 0 Å². The van der Waals surface area contributed by atoms with Crippen LogP contribution in [0.25, 0.3) is 10.9 Å². The number of aromatic amines is 1. The van der Waals surface area contributed by atoms with E-state index < -0.39 is 0 Å². The van der Waals surface area contributed by atoms with Crippen molar-refractivity contribution < 1.29 is 4.79 Å². The van der Waals surface area contributed by atoms with E-state index in [2.05, 4.69) is 45.4 Å². The normalized spacial score (nSPS) is 10.9. The lowest BCUT2D eigenvalue weighted by Crippen LogP contribution is -2.27. The molecule has 0 aliphatic carbocycles. The van der Waals surface area contributed by atoms with E-state index in [0.717, 1.165) is 23.2 Å². The molecule has 0 fully saturated rings. The first-order chi connectivity index (χ1) is 14.7. The lowest BCUT2D eigenvalue weighted by molar-refractivity contribution is 0.0949. The molecule has 152 valence electrons. The zero-order valence-corrected chi connectivity index (χ0v) is 17.2. The number of nitrogens with one attached hydrogen (secondary N) is 2. The van der Waals surface area contributed by atoms with Crippen molar-refractivity contribution in [3.05, 3.63) is 83.8 Å². The minimum Gasteiger partial charge on any atom is -0.361 e. The highest BCUT2D eigenvalue weighted by atomic mass is 16.1. The number of aromatic nitrogens is 3. The van der Waals surface area contributed by atoms with Gasteiger partial charge in [-0.3, -0.25) is 4.79 Å². The Morgan fingerprint density at radius 1 is 1.13 bits per heavy atom. The lowest BCUT2D eigenvalue weighted by atomic mass is 10.1. The molecule has 6 nitrogen and oxygen atoms in total. The molecule has 2 aromatic heterocycles. The van der Waals surface area contributed by atoms with Crippen LogP contribution in [0.5, 0.6) is 0 Å². The summed E-state index contributed by atoms with van der Waals surface area (Å²) in [6.45, 7) is 5.33. The van der Waals surface area contributed by atoms with Crippen molar-refractivity contribution in [2.75, 3.05) is 18.0 Å². The zero-order chi connectivity index (χ0) is 20.9. The van der Waals surface area contributed by atoms with Crippen LogP contribution in [0.2, 0.25) is 0 Å². The third-order valence-electron chi connectivity index (χ3n) is 5.10. The summed E-state index contributed by atoms with van der Waals surface area (Å²) in [6, 6.07) is 18.0. The van der Waals surface area contributed by atoms with Crippen LogP contribution in [-0.2, 0) is 6.42 Å². The van der Waals surface area contributed by atoms with Crippen molar-refractivity contribution in [1.82, 2.24) is 20.3 Å². The molecule has 0 unspecified atom stereocenters. The summed E-state index contributed by atoms with van der Waals surface area (Å²) in [5.41, 5.74) is 4.83. The molecule has 30 heavy (non-hydrogen) atoms. The van der Waals surface area contributed by atoms with Gasteiger partial charge in [-0.25, -0.2) is 9.97 Å². The van der Waals surface area contributed by atoms with Gasteiger partial charge in [0.1, 0.15) is 5.69 Å². The van der Waals surface area contributed by atoms with Crippen LogP contribution in [0.15, 0.2) is 67.0 Å². The van der Waals surface area contributed by atoms with Gasteiger partial charge in [0.2, 0.25) is 5.95 Å². The SMILES string of the molecule is CCN(c1cccc(C)c1)c1nccc(C(=O)NCCc2c[nH]c3ccccc23)n1. The highest BCUT2D eigenvalue weighted by Crippen LogP contribution is 2.22. The second-order valence-corrected chi connectivity index (χ2v) is 7.19. The summed E-state index contributed by atoms with van der Waals surface area (Å²) in [7, 11) is 0. The van der Waals surface area contributed by atoms with Crippen molar-refractivity contribution in [3.63, 3.8) is 0 Å². The van der Waals surface area contributed by atoms with Crippen LogP contribution >= 0.6 is 0 Å². The monoisotopic (exact) mass is 399 g/mol. The van der Waals surface area contributed by atoms with Crippen LogP contribution in [0.4, 0.5) is 11.6 Å². The van der Waals surface area contributed by atoms with Gasteiger partial charge in [0.05, 0.1) is 0 Å². The molecule has 0 bridgehead atoms. The van der Waals surface area contributed by atoms with Gasteiger partial charge in [0.15, 0.2) is 0 Å². The number of anilines is 2. The Morgan fingerprint density at radius 3 is 2.83 bits per heavy atom. The van der Waals surface area contributed by atoms with Gasteiger partial charge in [-0.15, -0.1) is 0 Å². The Balaban J connectivity index is 1.44. The Bertz CT molecular complexity index is 1170. The summed E-state index contributed by atoms with van der Waals surface area (Å²) in [5, 5.41) is 4.16. The first kappa shape index (κ1) is 19.6. The van der Waals surface area contributed by atoms with Crippen molar-refractivity contribution in [3.8, 4) is 0 Å². The molecule has 0 saturated carbocycles. The fourth-order valence-electron chi connectivity index (χ4n) is 3.58. The van der Waals surface area contributed by atoms with Crippen LogP contribution in [0.1, 0.15) is 28.5 Å². The maximum Gasteiger partial charge on any atom is 0.270 e. The van der Waals surface area contributed by atoms with Crippen LogP contribution in [-0.4, -0.2) is 33.9 Å². The second-order valence-electron chi connectivity index (χ2n) is 7.19. The number of nitrogens with zero attached hydrogens (tertiary/aromatic N) is 3. The predicted octanol–water partition coefficient (Wildman–Crippen LogP) is 4.40. The van der Waals surface area contributed by atoms with Gasteiger partial charge in [-0.1, -0.05) is 30.3 Å². The quantitative estimate of drug-likeness (QED) is 0.483. The largest absolute Gasteiger partial charge is 0.361 e. The lowest BCUT2D eigenvalue weighted by Gasteiger charge is -2.21. The van der Waals surface area contributed by atoms with Crippen molar-refractivity contribution >= 4 is 28.4 Å². The fraction of sp³-hybridized carbons (Fsp3) is 0.208. The van der Waals surface area contributed by atoms with E-state index in [1.54, 1.807) is 12.3 Å².